The highest BCUT2D eigenvalue weighted by molar-refractivity contribution is 5.91. The molecule has 35 heavy (non-hydrogen) atoms. The minimum atomic E-state index is -4.51. The molecule has 1 fully saturated rings. The summed E-state index contributed by atoms with van der Waals surface area (Å²) in [6.45, 7) is 1.90. The first-order valence-corrected chi connectivity index (χ1v) is 10.9. The van der Waals surface area contributed by atoms with Gasteiger partial charge in [-0.3, -0.25) is 4.79 Å². The summed E-state index contributed by atoms with van der Waals surface area (Å²) in [7, 11) is 0. The van der Waals surface area contributed by atoms with Gasteiger partial charge in [0.1, 0.15) is 0 Å². The predicted molar refractivity (Wildman–Crippen MR) is 122 cm³/mol. The molecule has 11 heteroatoms. The number of piperazine rings is 1. The van der Waals surface area contributed by atoms with Crippen LogP contribution in [-0.2, 0) is 6.18 Å². The smallest absolute Gasteiger partial charge is 0.337 e. The highest BCUT2D eigenvalue weighted by atomic mass is 19.4. The number of anilines is 1. The van der Waals surface area contributed by atoms with E-state index in [1.165, 1.54) is 16.8 Å². The van der Waals surface area contributed by atoms with Gasteiger partial charge >= 0.3 is 6.18 Å². The van der Waals surface area contributed by atoms with Crippen molar-refractivity contribution in [3.63, 3.8) is 0 Å². The Morgan fingerprint density at radius 2 is 1.57 bits per heavy atom. The zero-order valence-electron chi connectivity index (χ0n) is 18.4. The third-order valence-electron chi connectivity index (χ3n) is 5.65. The molecule has 1 aliphatic heterocycles. The largest absolute Gasteiger partial charge is 0.416 e. The Morgan fingerprint density at radius 3 is 2.26 bits per heavy atom. The molecule has 0 saturated carbocycles. The van der Waals surface area contributed by atoms with E-state index in [2.05, 4.69) is 20.1 Å². The topological polar surface area (TPSA) is 80.0 Å². The third-order valence-corrected chi connectivity index (χ3v) is 5.65. The van der Waals surface area contributed by atoms with Crippen molar-refractivity contribution in [1.29, 1.82) is 0 Å². The summed E-state index contributed by atoms with van der Waals surface area (Å²) >= 11 is 0. The second kappa shape index (κ2) is 9.16. The quantitative estimate of drug-likeness (QED) is 0.444. The van der Waals surface area contributed by atoms with E-state index in [4.69, 9.17) is 0 Å². The molecule has 2 aromatic carbocycles. The average molecular weight is 479 g/mol. The summed E-state index contributed by atoms with van der Waals surface area (Å²) in [5, 5.41) is 4.34. The van der Waals surface area contributed by atoms with Crippen molar-refractivity contribution < 1.29 is 18.0 Å². The SMILES string of the molecule is O=C(c1nc(-c2ccccc2)n(-c2cccc(C(F)(F)F)c2)n1)N1CCN(c2ncccn2)CC1. The monoisotopic (exact) mass is 479 g/mol. The Balaban J connectivity index is 1.45. The summed E-state index contributed by atoms with van der Waals surface area (Å²) in [6.07, 6.45) is -1.19. The number of carbonyl (C=O) groups excluding carboxylic acids is 1. The van der Waals surface area contributed by atoms with E-state index >= 15 is 0 Å². The Morgan fingerprint density at radius 1 is 0.857 bits per heavy atom. The molecular weight excluding hydrogens is 459 g/mol. The Bertz CT molecular complexity index is 1320. The number of carbonyl (C=O) groups is 1. The lowest BCUT2D eigenvalue weighted by Crippen LogP contribution is -2.49. The number of aromatic nitrogens is 5. The summed E-state index contributed by atoms with van der Waals surface area (Å²) in [5.41, 5.74) is -0.0181. The predicted octanol–water partition coefficient (Wildman–Crippen LogP) is 3.71. The van der Waals surface area contributed by atoms with Gasteiger partial charge in [-0.1, -0.05) is 36.4 Å². The minimum absolute atomic E-state index is 0.0781. The maximum absolute atomic E-state index is 13.3. The van der Waals surface area contributed by atoms with Gasteiger partial charge in [0, 0.05) is 44.1 Å². The van der Waals surface area contributed by atoms with E-state index in [1.807, 2.05) is 11.0 Å². The van der Waals surface area contributed by atoms with Crippen LogP contribution < -0.4 is 4.90 Å². The van der Waals surface area contributed by atoms with Crippen LogP contribution in [0.3, 0.4) is 0 Å². The molecule has 0 atom stereocenters. The van der Waals surface area contributed by atoms with Crippen LogP contribution in [0.15, 0.2) is 73.1 Å². The number of nitrogens with zero attached hydrogens (tertiary/aromatic N) is 7. The van der Waals surface area contributed by atoms with E-state index in [1.54, 1.807) is 47.6 Å². The van der Waals surface area contributed by atoms with Crippen molar-refractivity contribution >= 4 is 11.9 Å². The minimum Gasteiger partial charge on any atom is -0.337 e. The number of benzene rings is 2. The lowest BCUT2D eigenvalue weighted by atomic mass is 10.2. The second-order valence-corrected chi connectivity index (χ2v) is 7.91. The molecule has 0 unspecified atom stereocenters. The van der Waals surface area contributed by atoms with Crippen LogP contribution in [0.1, 0.15) is 16.2 Å². The van der Waals surface area contributed by atoms with Gasteiger partial charge < -0.3 is 9.80 Å². The molecule has 5 rings (SSSR count). The molecule has 2 aromatic heterocycles. The maximum atomic E-state index is 13.3. The summed E-state index contributed by atoms with van der Waals surface area (Å²) in [4.78, 5) is 29.8. The van der Waals surface area contributed by atoms with Gasteiger partial charge in [-0.25, -0.2) is 19.6 Å². The number of hydrogen-bond acceptors (Lipinski definition) is 6. The standard InChI is InChI=1S/C24H20F3N7O/c25-24(26,27)18-8-4-9-19(16-18)34-21(17-6-2-1-3-7-17)30-20(31-34)22(35)32-12-14-33(15-13-32)23-28-10-5-11-29-23/h1-11,16H,12-15H2. The number of halogens is 3. The van der Waals surface area contributed by atoms with Crippen LogP contribution in [-0.4, -0.2) is 61.7 Å². The van der Waals surface area contributed by atoms with Gasteiger partial charge in [0.2, 0.25) is 11.8 Å². The van der Waals surface area contributed by atoms with Crippen LogP contribution in [0, 0.1) is 0 Å². The molecule has 0 N–H and O–H groups in total. The fourth-order valence-electron chi connectivity index (χ4n) is 3.88. The van der Waals surface area contributed by atoms with Crippen LogP contribution in [0.5, 0.6) is 0 Å². The molecule has 0 bridgehead atoms. The summed E-state index contributed by atoms with van der Waals surface area (Å²) < 4.78 is 41.2. The maximum Gasteiger partial charge on any atom is 0.416 e. The van der Waals surface area contributed by atoms with Crippen LogP contribution in [0.4, 0.5) is 19.1 Å². The molecule has 178 valence electrons. The first-order chi connectivity index (χ1) is 16.9. The van der Waals surface area contributed by atoms with Crippen molar-refractivity contribution in [1.82, 2.24) is 29.6 Å². The normalized spacial score (nSPS) is 14.3. The number of rotatable bonds is 4. The fraction of sp³-hybridized carbons (Fsp3) is 0.208. The van der Waals surface area contributed by atoms with Crippen molar-refractivity contribution in [3.05, 3.63) is 84.4 Å². The molecular formula is C24H20F3N7O. The zero-order valence-corrected chi connectivity index (χ0v) is 18.4. The van der Waals surface area contributed by atoms with Crippen molar-refractivity contribution in [3.8, 4) is 17.1 Å². The summed E-state index contributed by atoms with van der Waals surface area (Å²) in [6, 6.07) is 15.4. The molecule has 1 aliphatic rings. The summed E-state index contributed by atoms with van der Waals surface area (Å²) in [5.74, 6) is 0.412. The molecule has 0 aliphatic carbocycles. The second-order valence-electron chi connectivity index (χ2n) is 7.91. The zero-order chi connectivity index (χ0) is 24.4. The Labute approximate surface area is 198 Å². The third kappa shape index (κ3) is 4.70. The first kappa shape index (κ1) is 22.5. The van der Waals surface area contributed by atoms with Gasteiger partial charge in [0.25, 0.3) is 5.91 Å². The van der Waals surface area contributed by atoms with E-state index in [0.717, 1.165) is 12.1 Å². The number of alkyl halides is 3. The fourth-order valence-corrected chi connectivity index (χ4v) is 3.88. The van der Waals surface area contributed by atoms with Crippen LogP contribution >= 0.6 is 0 Å². The van der Waals surface area contributed by atoms with E-state index in [-0.39, 0.29) is 23.2 Å². The van der Waals surface area contributed by atoms with Crippen molar-refractivity contribution in [2.24, 2.45) is 0 Å². The Hall–Kier alpha value is -4.28. The molecule has 1 saturated heterocycles. The molecule has 1 amide bonds. The van der Waals surface area contributed by atoms with Crippen molar-refractivity contribution in [2.45, 2.75) is 6.18 Å². The van der Waals surface area contributed by atoms with E-state index in [9.17, 15) is 18.0 Å². The van der Waals surface area contributed by atoms with Crippen LogP contribution in [0.25, 0.3) is 17.1 Å². The lowest BCUT2D eigenvalue weighted by Gasteiger charge is -2.34. The van der Waals surface area contributed by atoms with E-state index < -0.39 is 11.7 Å². The highest BCUT2D eigenvalue weighted by Crippen LogP contribution is 2.31. The van der Waals surface area contributed by atoms with Gasteiger partial charge in [-0.2, -0.15) is 13.2 Å². The number of amides is 1. The molecule has 0 spiro atoms. The molecule has 0 radical (unpaired) electrons. The highest BCUT2D eigenvalue weighted by Gasteiger charge is 2.31. The lowest BCUT2D eigenvalue weighted by molar-refractivity contribution is -0.137. The van der Waals surface area contributed by atoms with Gasteiger partial charge in [-0.15, -0.1) is 5.10 Å². The van der Waals surface area contributed by atoms with Gasteiger partial charge in [-0.05, 0) is 24.3 Å². The average Bonchev–Trinajstić information content (AvgIpc) is 3.35. The molecule has 3 heterocycles. The van der Waals surface area contributed by atoms with Gasteiger partial charge in [0.15, 0.2) is 5.82 Å². The Kier molecular flexibility index (Phi) is 5.89. The van der Waals surface area contributed by atoms with Crippen LogP contribution in [0.2, 0.25) is 0 Å². The molecule has 8 nitrogen and oxygen atoms in total. The van der Waals surface area contributed by atoms with Crippen molar-refractivity contribution in [2.75, 3.05) is 31.1 Å². The van der Waals surface area contributed by atoms with E-state index in [0.29, 0.717) is 37.7 Å². The first-order valence-electron chi connectivity index (χ1n) is 10.9. The molecule has 4 aromatic rings. The number of hydrogen-bond donors (Lipinski definition) is 0. The van der Waals surface area contributed by atoms with Gasteiger partial charge in [0.05, 0.1) is 11.3 Å².